The lowest BCUT2D eigenvalue weighted by molar-refractivity contribution is -0.138. The lowest BCUT2D eigenvalue weighted by Crippen LogP contribution is -2.39. The molecule has 7 nitrogen and oxygen atoms in total. The highest BCUT2D eigenvalue weighted by molar-refractivity contribution is 8.18. The van der Waals surface area contributed by atoms with Gasteiger partial charge in [0, 0.05) is 40.8 Å². The van der Waals surface area contributed by atoms with E-state index in [1.807, 2.05) is 46.0 Å². The lowest BCUT2D eigenvalue weighted by Gasteiger charge is -2.30. The Morgan fingerprint density at radius 2 is 1.87 bits per heavy atom. The highest BCUT2D eigenvalue weighted by Crippen LogP contribution is 2.41. The van der Waals surface area contributed by atoms with Gasteiger partial charge in [-0.05, 0) is 62.1 Å². The topological polar surface area (TPSA) is 84.1 Å². The van der Waals surface area contributed by atoms with Gasteiger partial charge in [0.2, 0.25) is 5.91 Å². The second-order valence-corrected chi connectivity index (χ2v) is 11.2. The number of thioether (sulfide) groups is 1. The van der Waals surface area contributed by atoms with Gasteiger partial charge in [-0.2, -0.15) is 0 Å². The number of aliphatic imine (C=N–C) groups is 1. The van der Waals surface area contributed by atoms with Crippen molar-refractivity contribution < 1.29 is 19.4 Å². The Balaban J connectivity index is 1.49. The summed E-state index contributed by atoms with van der Waals surface area (Å²) in [5.74, 6) is -0.0669. The molecule has 1 aromatic heterocycles. The van der Waals surface area contributed by atoms with Gasteiger partial charge in [-0.25, -0.2) is 9.79 Å². The van der Waals surface area contributed by atoms with Crippen molar-refractivity contribution in [1.29, 1.82) is 0 Å². The summed E-state index contributed by atoms with van der Waals surface area (Å²) >= 11 is 7.20. The highest BCUT2D eigenvalue weighted by Gasteiger charge is 2.33. The predicted octanol–water partition coefficient (Wildman–Crippen LogP) is 6.75. The first-order valence-electron chi connectivity index (χ1n) is 13.0. The van der Waals surface area contributed by atoms with E-state index in [-0.39, 0.29) is 30.4 Å². The Hall–Kier alpha value is -3.49. The number of carbonyl (C=O) groups excluding carboxylic acids is 2. The largest absolute Gasteiger partial charge is 0.506 e. The number of hydrogen-bond donors (Lipinski definition) is 1. The molecule has 0 bridgehead atoms. The molecule has 5 rings (SSSR count). The normalized spacial score (nSPS) is 18.5. The molecular weight excluding hydrogens is 534 g/mol. The summed E-state index contributed by atoms with van der Waals surface area (Å²) in [4.78, 5) is 32.9. The van der Waals surface area contributed by atoms with Crippen LogP contribution >= 0.6 is 23.4 Å². The zero-order valence-electron chi connectivity index (χ0n) is 21.9. The van der Waals surface area contributed by atoms with Gasteiger partial charge < -0.3 is 19.3 Å². The first-order valence-corrected chi connectivity index (χ1v) is 14.2. The van der Waals surface area contributed by atoms with Gasteiger partial charge in [-0.15, -0.1) is 0 Å². The van der Waals surface area contributed by atoms with E-state index in [1.54, 1.807) is 31.2 Å². The van der Waals surface area contributed by atoms with Crippen molar-refractivity contribution in [1.82, 2.24) is 9.47 Å². The molecule has 0 unspecified atom stereocenters. The van der Waals surface area contributed by atoms with E-state index in [4.69, 9.17) is 16.3 Å². The van der Waals surface area contributed by atoms with Crippen molar-refractivity contribution in [3.8, 4) is 0 Å². The van der Waals surface area contributed by atoms with Crippen LogP contribution in [0.5, 0.6) is 0 Å². The molecule has 1 saturated heterocycles. The van der Waals surface area contributed by atoms with E-state index in [1.165, 1.54) is 11.8 Å². The van der Waals surface area contributed by atoms with Crippen molar-refractivity contribution in [2.75, 3.05) is 19.7 Å². The number of para-hydroxylation sites is 1. The van der Waals surface area contributed by atoms with Crippen molar-refractivity contribution in [2.45, 2.75) is 33.2 Å². The maximum Gasteiger partial charge on any atom is 0.344 e. The minimum absolute atomic E-state index is 0.0290. The fourth-order valence-corrected chi connectivity index (χ4v) is 5.94. The number of hydrogen-bond acceptors (Lipinski definition) is 6. The molecule has 2 aliphatic heterocycles. The molecule has 1 N–H and O–H groups in total. The summed E-state index contributed by atoms with van der Waals surface area (Å²) in [6.07, 6.45) is 5.81. The van der Waals surface area contributed by atoms with Crippen LogP contribution in [0.2, 0.25) is 5.02 Å². The highest BCUT2D eigenvalue weighted by atomic mass is 35.5. The second-order valence-electron chi connectivity index (χ2n) is 9.74. The zero-order chi connectivity index (χ0) is 27.5. The van der Waals surface area contributed by atoms with Gasteiger partial charge in [-0.3, -0.25) is 4.79 Å². The molecule has 39 heavy (non-hydrogen) atoms. The van der Waals surface area contributed by atoms with E-state index in [2.05, 4.69) is 11.9 Å². The molecule has 0 aliphatic carbocycles. The standard InChI is InChI=1S/C30H30ClN3O4S/c1-3-38-30(37)27-28(36)25(39-29(27)32-22-10-8-21(31)9-11-22)16-20-17-34(24-7-5-4-6-23(20)24)18-26(35)33-14-12-19(2)13-15-33/h4-11,16-17,19,36H,3,12-15,18H2,1-2H3/b25-16-,32-29?. The molecule has 0 spiro atoms. The van der Waals surface area contributed by atoms with E-state index >= 15 is 0 Å². The molecule has 1 fully saturated rings. The van der Waals surface area contributed by atoms with Gasteiger partial charge >= 0.3 is 5.97 Å². The Labute approximate surface area is 236 Å². The molecule has 9 heteroatoms. The molecule has 2 aliphatic rings. The number of piperidine rings is 1. The van der Waals surface area contributed by atoms with E-state index in [0.717, 1.165) is 42.4 Å². The monoisotopic (exact) mass is 563 g/mol. The van der Waals surface area contributed by atoms with Crippen molar-refractivity contribution >= 4 is 62.9 Å². The van der Waals surface area contributed by atoms with Crippen molar-refractivity contribution in [2.24, 2.45) is 10.9 Å². The van der Waals surface area contributed by atoms with Crippen LogP contribution in [0.4, 0.5) is 5.69 Å². The zero-order valence-corrected chi connectivity index (χ0v) is 23.5. The van der Waals surface area contributed by atoms with Crippen LogP contribution in [0.15, 0.2) is 76.0 Å². The van der Waals surface area contributed by atoms with E-state index in [9.17, 15) is 14.7 Å². The Morgan fingerprint density at radius 1 is 1.15 bits per heavy atom. The van der Waals surface area contributed by atoms with Gasteiger partial charge in [0.1, 0.15) is 22.9 Å². The summed E-state index contributed by atoms with van der Waals surface area (Å²) in [5, 5.41) is 13.0. The number of halogens is 1. The fourth-order valence-electron chi connectivity index (χ4n) is 4.79. The maximum absolute atomic E-state index is 13.1. The van der Waals surface area contributed by atoms with Gasteiger partial charge in [0.25, 0.3) is 0 Å². The number of aromatic nitrogens is 1. The van der Waals surface area contributed by atoms with Crippen LogP contribution in [0.25, 0.3) is 17.0 Å². The average molecular weight is 564 g/mol. The summed E-state index contributed by atoms with van der Waals surface area (Å²) < 4.78 is 7.17. The number of aliphatic hydroxyl groups excluding tert-OH is 1. The third kappa shape index (κ3) is 5.92. The first-order chi connectivity index (χ1) is 18.8. The third-order valence-electron chi connectivity index (χ3n) is 6.98. The van der Waals surface area contributed by atoms with Crippen LogP contribution < -0.4 is 0 Å². The van der Waals surface area contributed by atoms with Gasteiger partial charge in [0.05, 0.1) is 17.2 Å². The summed E-state index contributed by atoms with van der Waals surface area (Å²) in [6.45, 7) is 5.93. The Kier molecular flexibility index (Phi) is 8.14. The predicted molar refractivity (Wildman–Crippen MR) is 157 cm³/mol. The van der Waals surface area contributed by atoms with Crippen LogP contribution in [0.1, 0.15) is 32.3 Å². The molecule has 202 valence electrons. The molecule has 0 radical (unpaired) electrons. The van der Waals surface area contributed by atoms with Crippen LogP contribution in [-0.4, -0.2) is 51.2 Å². The summed E-state index contributed by atoms with van der Waals surface area (Å²) in [5.41, 5.74) is 2.38. The number of nitrogens with zero attached hydrogens (tertiary/aromatic N) is 3. The Morgan fingerprint density at radius 3 is 2.59 bits per heavy atom. The minimum Gasteiger partial charge on any atom is -0.506 e. The maximum atomic E-state index is 13.1. The van der Waals surface area contributed by atoms with E-state index in [0.29, 0.717) is 26.6 Å². The molecule has 2 aromatic carbocycles. The molecular formula is C30H30ClN3O4S. The summed E-state index contributed by atoms with van der Waals surface area (Å²) in [6, 6.07) is 14.8. The molecule has 3 aromatic rings. The number of likely N-dealkylation sites (tertiary alicyclic amines) is 1. The second kappa shape index (κ2) is 11.7. The molecule has 0 atom stereocenters. The third-order valence-corrected chi connectivity index (χ3v) is 8.25. The van der Waals surface area contributed by atoms with Crippen LogP contribution in [0.3, 0.4) is 0 Å². The summed E-state index contributed by atoms with van der Waals surface area (Å²) in [7, 11) is 0. The molecule has 0 saturated carbocycles. The number of esters is 1. The molecule has 3 heterocycles. The lowest BCUT2D eigenvalue weighted by atomic mass is 9.99. The molecule has 1 amide bonds. The number of benzene rings is 2. The smallest absolute Gasteiger partial charge is 0.344 e. The number of rotatable bonds is 6. The van der Waals surface area contributed by atoms with Gasteiger partial charge in [-0.1, -0.05) is 48.5 Å². The number of amides is 1. The number of ether oxygens (including phenoxy) is 1. The van der Waals surface area contributed by atoms with Crippen LogP contribution in [-0.2, 0) is 20.9 Å². The quantitative estimate of drug-likeness (QED) is 0.335. The SMILES string of the molecule is CCOC(=O)C1=C(O)/C(=C/c2cn(CC(=O)N3CCC(C)CC3)c3ccccc23)SC1=Nc1ccc(Cl)cc1. The van der Waals surface area contributed by atoms with Crippen molar-refractivity contribution in [3.63, 3.8) is 0 Å². The van der Waals surface area contributed by atoms with Crippen molar-refractivity contribution in [3.05, 3.63) is 81.6 Å². The average Bonchev–Trinajstić information content (AvgIpc) is 3.42. The fraction of sp³-hybridized carbons (Fsp3) is 0.300. The first kappa shape index (κ1) is 27.1. The Bertz CT molecular complexity index is 1500. The number of fused-ring (bicyclic) bond motifs is 1. The number of carbonyl (C=O) groups is 2. The van der Waals surface area contributed by atoms with Crippen LogP contribution in [0, 0.1) is 5.92 Å². The van der Waals surface area contributed by atoms with E-state index < -0.39 is 5.97 Å². The van der Waals surface area contributed by atoms with Gasteiger partial charge in [0.15, 0.2) is 0 Å². The minimum atomic E-state index is -0.637. The number of aliphatic hydroxyl groups is 1.